The van der Waals surface area contributed by atoms with Gasteiger partial charge in [-0.3, -0.25) is 14.2 Å². The molecule has 0 radical (unpaired) electrons. The van der Waals surface area contributed by atoms with Crippen LogP contribution in [0.5, 0.6) is 0 Å². The molecule has 9 nitrogen and oxygen atoms in total. The highest BCUT2D eigenvalue weighted by Crippen LogP contribution is 2.38. The van der Waals surface area contributed by atoms with E-state index in [1.165, 1.54) is 180 Å². The highest BCUT2D eigenvalue weighted by atomic mass is 31.2. The third kappa shape index (κ3) is 60.1. The summed E-state index contributed by atoms with van der Waals surface area (Å²) in [6, 6.07) is -0.895. The maximum atomic E-state index is 13.6. The molecule has 0 saturated carbocycles. The minimum absolute atomic E-state index is 0.0254. The van der Waals surface area contributed by atoms with Gasteiger partial charge in [0.2, 0.25) is 5.91 Å². The number of amides is 1. The van der Waals surface area contributed by atoms with Gasteiger partial charge >= 0.3 is 5.97 Å². The summed E-state index contributed by atoms with van der Waals surface area (Å²) in [4.78, 5) is 40.1. The molecule has 0 bridgehead atoms. The number of allylic oxidation sites excluding steroid dienone is 11. The van der Waals surface area contributed by atoms with Crippen LogP contribution in [0.15, 0.2) is 72.9 Å². The Balaban J connectivity index is 5.15. The van der Waals surface area contributed by atoms with E-state index < -0.39 is 26.6 Å². The Kier molecular flexibility index (Phi) is 57.7. The van der Waals surface area contributed by atoms with Crippen molar-refractivity contribution in [3.63, 3.8) is 0 Å². The molecule has 0 aliphatic heterocycles. The average Bonchev–Trinajstić information content (AvgIpc) is 3.43. The van der Waals surface area contributed by atoms with E-state index in [-0.39, 0.29) is 24.9 Å². The van der Waals surface area contributed by atoms with Crippen molar-refractivity contribution in [3.8, 4) is 0 Å². The molecule has 0 aromatic carbocycles. The molecule has 3 atom stereocenters. The SMILES string of the molecule is CCCCC/C=C\C/C=C\C/C=C\CCCCCCCCCCCCC(=O)OC(/C=C/CCCCCCCCCCCC)C(COP(=O)([O-])OCC[N+](C)(C)C)NC(=O)CCCCCCCCCCC/C=C\C/C=C\CCCCC. The van der Waals surface area contributed by atoms with Gasteiger partial charge in [0.15, 0.2) is 0 Å². The molecule has 0 aliphatic rings. The molecule has 0 spiro atoms. The Bertz CT molecular complexity index is 1600. The molecule has 1 N–H and O–H groups in total. The zero-order valence-corrected chi connectivity index (χ0v) is 54.2. The van der Waals surface area contributed by atoms with Crippen molar-refractivity contribution in [1.29, 1.82) is 0 Å². The smallest absolute Gasteiger partial charge is 0.306 e. The van der Waals surface area contributed by atoms with Gasteiger partial charge in [-0.25, -0.2) is 0 Å². The van der Waals surface area contributed by atoms with Gasteiger partial charge in [-0.1, -0.05) is 267 Å². The van der Waals surface area contributed by atoms with Crippen molar-refractivity contribution in [1.82, 2.24) is 5.32 Å². The van der Waals surface area contributed by atoms with E-state index in [1.54, 1.807) is 0 Å². The van der Waals surface area contributed by atoms with Crippen LogP contribution in [0.1, 0.15) is 310 Å². The number of carbonyl (C=O) groups is 2. The van der Waals surface area contributed by atoms with E-state index in [1.807, 2.05) is 33.3 Å². The zero-order chi connectivity index (χ0) is 58.6. The number of hydrogen-bond donors (Lipinski definition) is 1. The van der Waals surface area contributed by atoms with Crippen molar-refractivity contribution in [2.75, 3.05) is 40.9 Å². The summed E-state index contributed by atoms with van der Waals surface area (Å²) in [5, 5.41) is 3.04. The van der Waals surface area contributed by atoms with Gasteiger partial charge in [0.1, 0.15) is 19.3 Å². The molecular formula is C70H129N2O7P. The van der Waals surface area contributed by atoms with Gasteiger partial charge in [-0.2, -0.15) is 0 Å². The van der Waals surface area contributed by atoms with Crippen LogP contribution in [0.3, 0.4) is 0 Å². The standard InChI is InChI=1S/C70H129N2O7P/c1-7-10-13-16-19-22-25-28-30-32-34-35-36-37-39-41-43-45-48-51-54-57-60-63-70(74)79-68(61-58-55-52-49-46-27-24-21-18-15-12-9-3)67(66-78-80(75,76)77-65-64-72(4,5)6)71-69(73)62-59-56-53-50-47-44-42-40-38-33-31-29-26-23-20-17-14-11-8-2/h19-20,22-23,28-31,34-35,58,61,67-68H,7-18,21,24-27,32-33,36-57,59-60,62-66H2,1-6H3,(H-,71,73,75,76)/b22-19-,23-20-,30-28-,31-29-,35-34-,61-58+. The van der Waals surface area contributed by atoms with Crippen molar-refractivity contribution in [3.05, 3.63) is 72.9 Å². The molecular weight excluding hydrogens is 1010 g/mol. The van der Waals surface area contributed by atoms with Gasteiger partial charge in [0.05, 0.1) is 33.8 Å². The Morgan fingerprint density at radius 2 is 0.762 bits per heavy atom. The van der Waals surface area contributed by atoms with E-state index in [0.717, 1.165) is 96.3 Å². The average molecular weight is 1140 g/mol. The number of ether oxygens (including phenoxy) is 1. The second kappa shape index (κ2) is 59.6. The predicted octanol–water partition coefficient (Wildman–Crippen LogP) is 20.5. The molecule has 0 aromatic heterocycles. The van der Waals surface area contributed by atoms with Crippen LogP contribution in [0, 0.1) is 0 Å². The summed E-state index contributed by atoms with van der Waals surface area (Å²) in [6.45, 7) is 6.81. The number of nitrogens with one attached hydrogen (secondary N) is 1. The maximum Gasteiger partial charge on any atom is 0.306 e. The monoisotopic (exact) mass is 1140 g/mol. The van der Waals surface area contributed by atoms with Crippen LogP contribution in [0.4, 0.5) is 0 Å². The predicted molar refractivity (Wildman–Crippen MR) is 344 cm³/mol. The second-order valence-electron chi connectivity index (χ2n) is 24.0. The molecule has 0 saturated heterocycles. The van der Waals surface area contributed by atoms with E-state index >= 15 is 0 Å². The molecule has 466 valence electrons. The fourth-order valence-corrected chi connectivity index (χ4v) is 10.3. The fourth-order valence-electron chi connectivity index (χ4n) is 9.62. The van der Waals surface area contributed by atoms with Gasteiger partial charge in [-0.05, 0) is 102 Å². The van der Waals surface area contributed by atoms with Crippen LogP contribution in [-0.4, -0.2) is 69.4 Å². The lowest BCUT2D eigenvalue weighted by molar-refractivity contribution is -0.870. The van der Waals surface area contributed by atoms with Crippen LogP contribution in [0.2, 0.25) is 0 Å². The topological polar surface area (TPSA) is 114 Å². The lowest BCUT2D eigenvalue weighted by Gasteiger charge is -2.30. The third-order valence-corrected chi connectivity index (χ3v) is 15.8. The van der Waals surface area contributed by atoms with Gasteiger partial charge < -0.3 is 28.5 Å². The first-order chi connectivity index (χ1) is 38.9. The van der Waals surface area contributed by atoms with Gasteiger partial charge in [0.25, 0.3) is 7.82 Å². The molecule has 10 heteroatoms. The number of esters is 1. The lowest BCUT2D eigenvalue weighted by Crippen LogP contribution is -2.47. The summed E-state index contributed by atoms with van der Waals surface area (Å²) in [6.07, 6.45) is 77.2. The number of unbranched alkanes of at least 4 members (excludes halogenated alkanes) is 35. The highest BCUT2D eigenvalue weighted by molar-refractivity contribution is 7.45. The van der Waals surface area contributed by atoms with Crippen molar-refractivity contribution >= 4 is 19.7 Å². The summed E-state index contributed by atoms with van der Waals surface area (Å²) in [7, 11) is 1.18. The van der Waals surface area contributed by atoms with Crippen LogP contribution in [0.25, 0.3) is 0 Å². The number of hydrogen-bond acceptors (Lipinski definition) is 7. The number of likely N-dealkylation sites (N-methyl/N-ethyl adjacent to an activating group) is 1. The Hall–Kier alpha value is -2.55. The van der Waals surface area contributed by atoms with E-state index in [4.69, 9.17) is 13.8 Å². The molecule has 80 heavy (non-hydrogen) atoms. The van der Waals surface area contributed by atoms with E-state index in [2.05, 4.69) is 86.8 Å². The van der Waals surface area contributed by atoms with Crippen LogP contribution >= 0.6 is 7.82 Å². The molecule has 0 rings (SSSR count). The van der Waals surface area contributed by atoms with Crippen LogP contribution < -0.4 is 10.2 Å². The van der Waals surface area contributed by atoms with Crippen LogP contribution in [-0.2, 0) is 27.9 Å². The summed E-state index contributed by atoms with van der Waals surface area (Å²) >= 11 is 0. The summed E-state index contributed by atoms with van der Waals surface area (Å²) in [5.74, 6) is -0.544. The lowest BCUT2D eigenvalue weighted by atomic mass is 10.0. The zero-order valence-electron chi connectivity index (χ0n) is 53.3. The first kappa shape index (κ1) is 77.5. The number of nitrogens with zero attached hydrogens (tertiary/aromatic N) is 1. The Labute approximate surface area is 495 Å². The van der Waals surface area contributed by atoms with Crippen molar-refractivity contribution in [2.24, 2.45) is 0 Å². The molecule has 0 aromatic rings. The first-order valence-electron chi connectivity index (χ1n) is 33.7. The quantitative estimate of drug-likeness (QED) is 0.0212. The highest BCUT2D eigenvalue weighted by Gasteiger charge is 2.27. The number of carbonyl (C=O) groups excluding carboxylic acids is 2. The molecule has 3 unspecified atom stereocenters. The fraction of sp³-hybridized carbons (Fsp3) is 0.800. The second-order valence-corrected chi connectivity index (χ2v) is 25.4. The Morgan fingerprint density at radius 1 is 0.438 bits per heavy atom. The number of rotatable bonds is 61. The number of phosphoric acid groups is 1. The van der Waals surface area contributed by atoms with Gasteiger partial charge in [0, 0.05) is 12.8 Å². The molecule has 0 heterocycles. The molecule has 0 aliphatic carbocycles. The van der Waals surface area contributed by atoms with E-state index in [9.17, 15) is 19.0 Å². The van der Waals surface area contributed by atoms with Crippen molar-refractivity contribution < 1.29 is 37.3 Å². The van der Waals surface area contributed by atoms with E-state index in [0.29, 0.717) is 17.4 Å². The normalized spacial score (nSPS) is 14.0. The molecule has 0 fully saturated rings. The number of quaternary nitrogens is 1. The van der Waals surface area contributed by atoms with Gasteiger partial charge in [-0.15, -0.1) is 0 Å². The molecule has 1 amide bonds. The Morgan fingerprint density at radius 3 is 1.16 bits per heavy atom. The minimum atomic E-state index is -4.71. The summed E-state index contributed by atoms with van der Waals surface area (Å²) in [5.41, 5.74) is 0. The summed E-state index contributed by atoms with van der Waals surface area (Å²) < 4.78 is 30.4. The van der Waals surface area contributed by atoms with Crippen molar-refractivity contribution in [2.45, 2.75) is 322 Å². The minimum Gasteiger partial charge on any atom is -0.756 e. The first-order valence-corrected chi connectivity index (χ1v) is 35.2. The largest absolute Gasteiger partial charge is 0.756 e. The third-order valence-electron chi connectivity index (χ3n) is 14.9. The maximum absolute atomic E-state index is 13.6. The number of phosphoric ester groups is 1.